The molecule has 116 valence electrons. The van der Waals surface area contributed by atoms with E-state index in [0.717, 1.165) is 0 Å². The Bertz CT molecular complexity index is 662. The normalized spacial score (nSPS) is 10.1. The Morgan fingerprint density at radius 1 is 1.14 bits per heavy atom. The summed E-state index contributed by atoms with van der Waals surface area (Å²) in [6.07, 6.45) is 0. The van der Waals surface area contributed by atoms with Crippen molar-refractivity contribution >= 4 is 40.5 Å². The van der Waals surface area contributed by atoms with Crippen LogP contribution in [0.25, 0.3) is 0 Å². The smallest absolute Gasteiger partial charge is 0.243 e. The standard InChI is InChI=1S/C16H16Cl2N2O2/c1-2-22-15-6-4-3-5-14(15)20-16(21)10-19-13-8-7-11(17)9-12(13)18/h3-9,19H,2,10H2,1H3,(H,20,21). The Morgan fingerprint density at radius 2 is 1.91 bits per heavy atom. The lowest BCUT2D eigenvalue weighted by Crippen LogP contribution is -2.22. The maximum Gasteiger partial charge on any atom is 0.243 e. The number of amides is 1. The van der Waals surface area contributed by atoms with Crippen molar-refractivity contribution in [2.75, 3.05) is 23.8 Å². The van der Waals surface area contributed by atoms with Gasteiger partial charge < -0.3 is 15.4 Å². The molecule has 0 bridgehead atoms. The lowest BCUT2D eigenvalue weighted by atomic mass is 10.3. The highest BCUT2D eigenvalue weighted by atomic mass is 35.5. The first-order chi connectivity index (χ1) is 10.6. The van der Waals surface area contributed by atoms with Gasteiger partial charge in [-0.2, -0.15) is 0 Å². The first-order valence-electron chi connectivity index (χ1n) is 6.80. The van der Waals surface area contributed by atoms with Crippen molar-refractivity contribution in [2.45, 2.75) is 6.92 Å². The van der Waals surface area contributed by atoms with Gasteiger partial charge in [-0.3, -0.25) is 4.79 Å². The van der Waals surface area contributed by atoms with E-state index >= 15 is 0 Å². The SMILES string of the molecule is CCOc1ccccc1NC(=O)CNc1ccc(Cl)cc1Cl. The van der Waals surface area contributed by atoms with Crippen molar-refractivity contribution in [2.24, 2.45) is 0 Å². The van der Waals surface area contributed by atoms with Crippen LogP contribution in [-0.2, 0) is 4.79 Å². The van der Waals surface area contributed by atoms with Gasteiger partial charge in [0.05, 0.1) is 29.5 Å². The average Bonchev–Trinajstić information content (AvgIpc) is 2.48. The van der Waals surface area contributed by atoms with Gasteiger partial charge in [-0.25, -0.2) is 0 Å². The molecule has 1 amide bonds. The number of ether oxygens (including phenoxy) is 1. The number of para-hydroxylation sites is 2. The van der Waals surface area contributed by atoms with Crippen LogP contribution in [0.15, 0.2) is 42.5 Å². The van der Waals surface area contributed by atoms with E-state index in [9.17, 15) is 4.79 Å². The molecule has 0 unspecified atom stereocenters. The number of nitrogens with one attached hydrogen (secondary N) is 2. The molecule has 2 aromatic carbocycles. The zero-order valence-corrected chi connectivity index (χ0v) is 13.5. The van der Waals surface area contributed by atoms with Crippen molar-refractivity contribution in [3.05, 3.63) is 52.5 Å². The second kappa shape index (κ2) is 7.92. The van der Waals surface area contributed by atoms with Gasteiger partial charge >= 0.3 is 0 Å². The van der Waals surface area contributed by atoms with Crippen LogP contribution in [-0.4, -0.2) is 19.1 Å². The summed E-state index contributed by atoms with van der Waals surface area (Å²) in [5, 5.41) is 6.78. The summed E-state index contributed by atoms with van der Waals surface area (Å²) in [6, 6.07) is 12.3. The van der Waals surface area contributed by atoms with Gasteiger partial charge in [-0.15, -0.1) is 0 Å². The van der Waals surface area contributed by atoms with Crippen LogP contribution in [0.3, 0.4) is 0 Å². The van der Waals surface area contributed by atoms with Crippen LogP contribution in [0.4, 0.5) is 11.4 Å². The van der Waals surface area contributed by atoms with E-state index < -0.39 is 0 Å². The number of benzene rings is 2. The number of hydrogen-bond acceptors (Lipinski definition) is 3. The topological polar surface area (TPSA) is 50.4 Å². The molecule has 0 aromatic heterocycles. The second-order valence-electron chi connectivity index (χ2n) is 4.46. The van der Waals surface area contributed by atoms with E-state index in [0.29, 0.717) is 33.8 Å². The van der Waals surface area contributed by atoms with Crippen molar-refractivity contribution in [1.29, 1.82) is 0 Å². The Labute approximate surface area is 139 Å². The first-order valence-corrected chi connectivity index (χ1v) is 7.56. The molecule has 22 heavy (non-hydrogen) atoms. The fourth-order valence-electron chi connectivity index (χ4n) is 1.85. The zero-order valence-electron chi connectivity index (χ0n) is 12.0. The number of hydrogen-bond donors (Lipinski definition) is 2. The highest BCUT2D eigenvalue weighted by Gasteiger charge is 2.08. The molecule has 0 aliphatic rings. The molecule has 2 N–H and O–H groups in total. The van der Waals surface area contributed by atoms with E-state index in [4.69, 9.17) is 27.9 Å². The summed E-state index contributed by atoms with van der Waals surface area (Å²) in [7, 11) is 0. The summed E-state index contributed by atoms with van der Waals surface area (Å²) in [4.78, 5) is 12.0. The molecule has 0 atom stereocenters. The number of carbonyl (C=O) groups is 1. The average molecular weight is 339 g/mol. The number of rotatable bonds is 6. The van der Waals surface area contributed by atoms with Crippen molar-refractivity contribution in [3.8, 4) is 5.75 Å². The fourth-order valence-corrected chi connectivity index (χ4v) is 2.33. The minimum absolute atomic E-state index is 0.0851. The van der Waals surface area contributed by atoms with E-state index in [1.165, 1.54) is 0 Å². The van der Waals surface area contributed by atoms with E-state index in [1.54, 1.807) is 24.3 Å². The third kappa shape index (κ3) is 4.55. The molecule has 0 aliphatic carbocycles. The number of halogens is 2. The summed E-state index contributed by atoms with van der Waals surface area (Å²) < 4.78 is 5.46. The predicted octanol–water partition coefficient (Wildman–Crippen LogP) is 4.44. The third-order valence-electron chi connectivity index (χ3n) is 2.83. The summed E-state index contributed by atoms with van der Waals surface area (Å²) >= 11 is 11.9. The molecule has 2 rings (SSSR count). The van der Waals surface area contributed by atoms with Gasteiger partial charge in [0.15, 0.2) is 0 Å². The van der Waals surface area contributed by atoms with Crippen LogP contribution in [0.1, 0.15) is 6.92 Å². The van der Waals surface area contributed by atoms with E-state index in [1.807, 2.05) is 25.1 Å². The minimum atomic E-state index is -0.196. The minimum Gasteiger partial charge on any atom is -0.492 e. The van der Waals surface area contributed by atoms with Crippen LogP contribution < -0.4 is 15.4 Å². The second-order valence-corrected chi connectivity index (χ2v) is 5.30. The van der Waals surface area contributed by atoms with Crippen molar-refractivity contribution < 1.29 is 9.53 Å². The maximum atomic E-state index is 12.0. The van der Waals surface area contributed by atoms with Gasteiger partial charge in [-0.1, -0.05) is 35.3 Å². The lowest BCUT2D eigenvalue weighted by molar-refractivity contribution is -0.114. The van der Waals surface area contributed by atoms with Crippen molar-refractivity contribution in [3.63, 3.8) is 0 Å². The fraction of sp³-hybridized carbons (Fsp3) is 0.188. The summed E-state index contributed by atoms with van der Waals surface area (Å²) in [5.74, 6) is 0.445. The molecule has 2 aromatic rings. The molecule has 4 nitrogen and oxygen atoms in total. The van der Waals surface area contributed by atoms with E-state index in [-0.39, 0.29) is 12.5 Å². The molecule has 0 spiro atoms. The Morgan fingerprint density at radius 3 is 2.64 bits per heavy atom. The largest absolute Gasteiger partial charge is 0.492 e. The van der Waals surface area contributed by atoms with Crippen LogP contribution in [0.2, 0.25) is 10.0 Å². The van der Waals surface area contributed by atoms with Crippen LogP contribution in [0, 0.1) is 0 Å². The summed E-state index contributed by atoms with van der Waals surface area (Å²) in [5.41, 5.74) is 1.29. The van der Waals surface area contributed by atoms with Gasteiger partial charge in [0.2, 0.25) is 5.91 Å². The Hall–Kier alpha value is -1.91. The maximum absolute atomic E-state index is 12.0. The van der Waals surface area contributed by atoms with E-state index in [2.05, 4.69) is 10.6 Å². The van der Waals surface area contributed by atoms with Gasteiger partial charge in [0.25, 0.3) is 0 Å². The molecule has 6 heteroatoms. The van der Waals surface area contributed by atoms with Crippen LogP contribution in [0.5, 0.6) is 5.75 Å². The molecule has 0 saturated heterocycles. The zero-order chi connectivity index (χ0) is 15.9. The first kappa shape index (κ1) is 16.5. The highest BCUT2D eigenvalue weighted by molar-refractivity contribution is 6.36. The highest BCUT2D eigenvalue weighted by Crippen LogP contribution is 2.26. The number of anilines is 2. The van der Waals surface area contributed by atoms with Gasteiger partial charge in [0, 0.05) is 5.02 Å². The molecular weight excluding hydrogens is 323 g/mol. The van der Waals surface area contributed by atoms with Crippen LogP contribution >= 0.6 is 23.2 Å². The number of carbonyl (C=O) groups excluding carboxylic acids is 1. The lowest BCUT2D eigenvalue weighted by Gasteiger charge is -2.12. The predicted molar refractivity (Wildman–Crippen MR) is 91.2 cm³/mol. The van der Waals surface area contributed by atoms with Gasteiger partial charge in [0.1, 0.15) is 5.75 Å². The Balaban J connectivity index is 1.96. The third-order valence-corrected chi connectivity index (χ3v) is 3.38. The quantitative estimate of drug-likeness (QED) is 0.818. The molecule has 0 aliphatic heterocycles. The molecule has 0 saturated carbocycles. The molecular formula is C16H16Cl2N2O2. The summed E-state index contributed by atoms with van der Waals surface area (Å²) in [6.45, 7) is 2.51. The molecule has 0 heterocycles. The molecule has 0 fully saturated rings. The van der Waals surface area contributed by atoms with Gasteiger partial charge in [-0.05, 0) is 37.3 Å². The Kier molecular flexibility index (Phi) is 5.92. The van der Waals surface area contributed by atoms with Crippen molar-refractivity contribution in [1.82, 2.24) is 0 Å². The monoisotopic (exact) mass is 338 g/mol. The molecule has 0 radical (unpaired) electrons.